The standard InChI is InChI=1S/C37H37F2N3O5/c1-24(43)47-23-33(44)41(17-10-18-42-35(45)28-13-8-9-14-29(28)36(42)46)34(37(2,3)4)32-19-26(30-20-27(38)15-16-31(30)39)22-40(32)21-25-11-6-5-7-12-25/h5-9,11-16,19-20,22,34H,10,17-18,21,23H2,1-4H3. The summed E-state index contributed by atoms with van der Waals surface area (Å²) in [6.45, 7) is 7.11. The molecule has 0 saturated heterocycles. The number of esters is 1. The predicted octanol–water partition coefficient (Wildman–Crippen LogP) is 6.65. The first-order valence-electron chi connectivity index (χ1n) is 15.4. The van der Waals surface area contributed by atoms with Crippen LogP contribution in [-0.2, 0) is 20.9 Å². The lowest BCUT2D eigenvalue weighted by Crippen LogP contribution is -2.45. The molecule has 5 rings (SSSR count). The van der Waals surface area contributed by atoms with Crippen LogP contribution in [0.4, 0.5) is 8.78 Å². The monoisotopic (exact) mass is 641 g/mol. The summed E-state index contributed by atoms with van der Waals surface area (Å²) < 4.78 is 36.4. The first kappa shape index (κ1) is 33.2. The number of hydrogen-bond donors (Lipinski definition) is 0. The van der Waals surface area contributed by atoms with Crippen LogP contribution in [0.2, 0.25) is 0 Å². The van der Waals surface area contributed by atoms with Crippen LogP contribution in [-0.4, -0.2) is 57.8 Å². The molecule has 8 nitrogen and oxygen atoms in total. The lowest BCUT2D eigenvalue weighted by molar-refractivity contribution is -0.152. The molecule has 0 radical (unpaired) electrons. The first-order chi connectivity index (χ1) is 22.3. The zero-order chi connectivity index (χ0) is 33.9. The van der Waals surface area contributed by atoms with Crippen LogP contribution in [0.5, 0.6) is 0 Å². The van der Waals surface area contributed by atoms with Gasteiger partial charge in [0.25, 0.3) is 17.7 Å². The molecule has 0 aliphatic carbocycles. The smallest absolute Gasteiger partial charge is 0.303 e. The van der Waals surface area contributed by atoms with Crippen LogP contribution < -0.4 is 0 Å². The number of ether oxygens (including phenoxy) is 1. The van der Waals surface area contributed by atoms with Crippen molar-refractivity contribution in [1.82, 2.24) is 14.4 Å². The van der Waals surface area contributed by atoms with Gasteiger partial charge in [-0.2, -0.15) is 0 Å². The predicted molar refractivity (Wildman–Crippen MR) is 172 cm³/mol. The van der Waals surface area contributed by atoms with Gasteiger partial charge in [0.1, 0.15) is 11.6 Å². The van der Waals surface area contributed by atoms with E-state index < -0.39 is 53.4 Å². The number of rotatable bonds is 11. The fraction of sp³-hybridized carbons (Fsp3) is 0.297. The molecule has 0 spiro atoms. The Kier molecular flexibility index (Phi) is 9.69. The number of nitrogens with zero attached hydrogens (tertiary/aromatic N) is 3. The lowest BCUT2D eigenvalue weighted by atomic mass is 9.83. The van der Waals surface area contributed by atoms with E-state index >= 15 is 4.39 Å². The molecule has 3 aromatic carbocycles. The van der Waals surface area contributed by atoms with E-state index in [1.165, 1.54) is 11.8 Å². The van der Waals surface area contributed by atoms with Crippen LogP contribution >= 0.6 is 0 Å². The number of carbonyl (C=O) groups is 4. The van der Waals surface area contributed by atoms with Gasteiger partial charge in [0.05, 0.1) is 17.2 Å². The maximum absolute atomic E-state index is 15.0. The van der Waals surface area contributed by atoms with Gasteiger partial charge < -0.3 is 14.2 Å². The van der Waals surface area contributed by atoms with Crippen LogP contribution in [0.15, 0.2) is 85.1 Å². The van der Waals surface area contributed by atoms with E-state index in [2.05, 4.69) is 0 Å². The number of hydrogen-bond acceptors (Lipinski definition) is 5. The van der Waals surface area contributed by atoms with E-state index in [1.54, 1.807) is 41.4 Å². The Hall–Kier alpha value is -5.12. The van der Waals surface area contributed by atoms with Crippen molar-refractivity contribution < 1.29 is 32.7 Å². The highest BCUT2D eigenvalue weighted by Crippen LogP contribution is 2.41. The zero-order valence-electron chi connectivity index (χ0n) is 26.8. The van der Waals surface area contributed by atoms with Crippen molar-refractivity contribution in [1.29, 1.82) is 0 Å². The van der Waals surface area contributed by atoms with Gasteiger partial charge in [-0.1, -0.05) is 63.2 Å². The van der Waals surface area contributed by atoms with Crippen LogP contribution in [0.25, 0.3) is 11.1 Å². The topological polar surface area (TPSA) is 88.9 Å². The Labute approximate surface area is 272 Å². The second kappa shape index (κ2) is 13.7. The number of carbonyl (C=O) groups excluding carboxylic acids is 4. The van der Waals surface area contributed by atoms with E-state index in [1.807, 2.05) is 55.7 Å². The Bertz CT molecular complexity index is 1780. The molecule has 244 valence electrons. The summed E-state index contributed by atoms with van der Waals surface area (Å²) in [5.41, 5.74) is 2.16. The minimum absolute atomic E-state index is 0.0608. The molecule has 0 saturated carbocycles. The second-order valence-electron chi connectivity index (χ2n) is 12.7. The number of fused-ring (bicyclic) bond motifs is 1. The second-order valence-corrected chi connectivity index (χ2v) is 12.7. The van der Waals surface area contributed by atoms with Crippen molar-refractivity contribution in [2.75, 3.05) is 19.7 Å². The van der Waals surface area contributed by atoms with Crippen molar-refractivity contribution in [3.05, 3.63) is 119 Å². The highest BCUT2D eigenvalue weighted by Gasteiger charge is 2.39. The minimum Gasteiger partial charge on any atom is -0.456 e. The van der Waals surface area contributed by atoms with E-state index in [-0.39, 0.29) is 25.1 Å². The SMILES string of the molecule is CC(=O)OCC(=O)N(CCCN1C(=O)c2ccccc2C1=O)C(c1cc(-c2cc(F)ccc2F)cn1Cc1ccccc1)C(C)(C)C. The third-order valence-corrected chi connectivity index (χ3v) is 8.16. The average Bonchev–Trinajstić information content (AvgIpc) is 3.54. The molecule has 1 unspecified atom stereocenters. The molecule has 1 aromatic heterocycles. The quantitative estimate of drug-likeness (QED) is 0.135. The molecule has 0 fully saturated rings. The molecule has 2 heterocycles. The Balaban J connectivity index is 1.54. The lowest BCUT2D eigenvalue weighted by Gasteiger charge is -2.41. The van der Waals surface area contributed by atoms with E-state index in [4.69, 9.17) is 4.74 Å². The Morgan fingerprint density at radius 3 is 2.13 bits per heavy atom. The third-order valence-electron chi connectivity index (χ3n) is 8.16. The molecule has 47 heavy (non-hydrogen) atoms. The van der Waals surface area contributed by atoms with Gasteiger partial charge in [0, 0.05) is 49.6 Å². The molecular formula is C37H37F2N3O5. The number of aromatic nitrogens is 1. The van der Waals surface area contributed by atoms with Crippen molar-refractivity contribution in [3.63, 3.8) is 0 Å². The van der Waals surface area contributed by atoms with Crippen molar-refractivity contribution in [2.24, 2.45) is 5.41 Å². The van der Waals surface area contributed by atoms with Gasteiger partial charge in [-0.15, -0.1) is 0 Å². The molecule has 1 aliphatic heterocycles. The van der Waals surface area contributed by atoms with Gasteiger partial charge in [-0.05, 0) is 53.8 Å². The van der Waals surface area contributed by atoms with Gasteiger partial charge in [0.15, 0.2) is 6.61 Å². The van der Waals surface area contributed by atoms with E-state index in [0.717, 1.165) is 23.8 Å². The molecule has 1 aliphatic rings. The third kappa shape index (κ3) is 7.32. The summed E-state index contributed by atoms with van der Waals surface area (Å²) in [4.78, 5) is 54.4. The van der Waals surface area contributed by atoms with Crippen molar-refractivity contribution in [3.8, 4) is 11.1 Å². The first-order valence-corrected chi connectivity index (χ1v) is 15.4. The number of amides is 3. The largest absolute Gasteiger partial charge is 0.456 e. The summed E-state index contributed by atoms with van der Waals surface area (Å²) in [7, 11) is 0. The molecule has 10 heteroatoms. The fourth-order valence-electron chi connectivity index (χ4n) is 6.10. The summed E-state index contributed by atoms with van der Waals surface area (Å²) in [5, 5.41) is 0. The number of halogens is 2. The summed E-state index contributed by atoms with van der Waals surface area (Å²) in [6, 6.07) is 20.6. The molecule has 0 N–H and O–H groups in total. The number of benzene rings is 3. The molecular weight excluding hydrogens is 604 g/mol. The maximum atomic E-state index is 15.0. The summed E-state index contributed by atoms with van der Waals surface area (Å²) in [5.74, 6) is -3.06. The highest BCUT2D eigenvalue weighted by molar-refractivity contribution is 6.21. The minimum atomic E-state index is -0.651. The summed E-state index contributed by atoms with van der Waals surface area (Å²) >= 11 is 0. The average molecular weight is 642 g/mol. The van der Waals surface area contributed by atoms with Gasteiger partial charge in [0.2, 0.25) is 0 Å². The molecule has 0 bridgehead atoms. The van der Waals surface area contributed by atoms with Gasteiger partial charge >= 0.3 is 5.97 Å². The Morgan fingerprint density at radius 1 is 0.872 bits per heavy atom. The summed E-state index contributed by atoms with van der Waals surface area (Å²) in [6.07, 6.45) is 1.99. The molecule has 4 aromatic rings. The molecule has 1 atom stereocenters. The van der Waals surface area contributed by atoms with Crippen molar-refractivity contribution >= 4 is 23.7 Å². The van der Waals surface area contributed by atoms with Crippen LogP contribution in [0.1, 0.15) is 72.1 Å². The molecule has 3 amide bonds. The van der Waals surface area contributed by atoms with Gasteiger partial charge in [-0.3, -0.25) is 24.1 Å². The van der Waals surface area contributed by atoms with Gasteiger partial charge in [-0.25, -0.2) is 8.78 Å². The van der Waals surface area contributed by atoms with E-state index in [9.17, 15) is 23.6 Å². The van der Waals surface area contributed by atoms with Crippen molar-refractivity contribution in [2.45, 2.75) is 46.7 Å². The number of imide groups is 1. The van der Waals surface area contributed by atoms with E-state index in [0.29, 0.717) is 28.9 Å². The normalized spacial score (nSPS) is 13.4. The fourth-order valence-corrected chi connectivity index (χ4v) is 6.10. The Morgan fingerprint density at radius 2 is 1.51 bits per heavy atom. The maximum Gasteiger partial charge on any atom is 0.303 e. The van der Waals surface area contributed by atoms with Crippen LogP contribution in [0.3, 0.4) is 0 Å². The highest BCUT2D eigenvalue weighted by atomic mass is 19.1. The zero-order valence-corrected chi connectivity index (χ0v) is 26.8. The van der Waals surface area contributed by atoms with Crippen LogP contribution in [0, 0.1) is 17.0 Å².